The molecular weight excluding hydrogens is 230 g/mol. The van der Waals surface area contributed by atoms with Crippen LogP contribution in [0.4, 0.5) is 0 Å². The van der Waals surface area contributed by atoms with Crippen molar-refractivity contribution in [3.63, 3.8) is 0 Å². The van der Waals surface area contributed by atoms with Gasteiger partial charge in [-0.05, 0) is 49.3 Å². The van der Waals surface area contributed by atoms with Crippen LogP contribution < -0.4 is 5.32 Å². The van der Waals surface area contributed by atoms with Gasteiger partial charge in [-0.1, -0.05) is 57.4 Å². The second-order valence-electron chi connectivity index (χ2n) is 6.29. The highest BCUT2D eigenvalue weighted by atomic mass is 14.9. The van der Waals surface area contributed by atoms with Crippen LogP contribution in [0.2, 0.25) is 0 Å². The van der Waals surface area contributed by atoms with E-state index in [0.717, 1.165) is 11.8 Å². The van der Waals surface area contributed by atoms with E-state index in [2.05, 4.69) is 50.4 Å². The number of hydrogen-bond acceptors (Lipinski definition) is 1. The van der Waals surface area contributed by atoms with Gasteiger partial charge in [0.1, 0.15) is 0 Å². The molecule has 0 saturated heterocycles. The van der Waals surface area contributed by atoms with Crippen molar-refractivity contribution in [1.29, 1.82) is 0 Å². The number of benzene rings is 1. The fourth-order valence-corrected chi connectivity index (χ4v) is 3.23. The molecule has 0 aliphatic heterocycles. The molecule has 1 heteroatoms. The predicted octanol–water partition coefficient (Wildman–Crippen LogP) is 4.73. The van der Waals surface area contributed by atoms with Gasteiger partial charge in [0.25, 0.3) is 0 Å². The lowest BCUT2D eigenvalue weighted by atomic mass is 9.97. The first-order valence-electron chi connectivity index (χ1n) is 8.03. The topological polar surface area (TPSA) is 12.0 Å². The smallest absolute Gasteiger partial charge is 0.0291 e. The number of nitrogens with one attached hydrogen (secondary N) is 1. The molecule has 3 unspecified atom stereocenters. The maximum Gasteiger partial charge on any atom is 0.0291 e. The number of hydrogen-bond donors (Lipinski definition) is 1. The Morgan fingerprint density at radius 3 is 2.53 bits per heavy atom. The average Bonchev–Trinajstić information content (AvgIpc) is 2.83. The summed E-state index contributed by atoms with van der Waals surface area (Å²) in [5.74, 6) is 1.80. The van der Waals surface area contributed by atoms with E-state index in [0.29, 0.717) is 6.04 Å². The third kappa shape index (κ3) is 4.07. The van der Waals surface area contributed by atoms with E-state index in [1.54, 1.807) is 0 Å². The van der Waals surface area contributed by atoms with Crippen molar-refractivity contribution in [3.05, 3.63) is 35.4 Å². The van der Waals surface area contributed by atoms with Crippen molar-refractivity contribution in [2.75, 3.05) is 6.54 Å². The zero-order chi connectivity index (χ0) is 13.7. The molecule has 1 nitrogen and oxygen atoms in total. The fourth-order valence-electron chi connectivity index (χ4n) is 3.23. The Labute approximate surface area is 118 Å². The Balaban J connectivity index is 1.83. The van der Waals surface area contributed by atoms with Gasteiger partial charge in [-0.2, -0.15) is 0 Å². The van der Waals surface area contributed by atoms with E-state index in [1.165, 1.54) is 49.8 Å². The molecule has 1 aromatic rings. The molecular formula is C18H29N. The summed E-state index contributed by atoms with van der Waals surface area (Å²) in [5, 5.41) is 3.72. The van der Waals surface area contributed by atoms with Crippen LogP contribution >= 0.6 is 0 Å². The lowest BCUT2D eigenvalue weighted by Gasteiger charge is -2.20. The van der Waals surface area contributed by atoms with Gasteiger partial charge >= 0.3 is 0 Å². The molecule has 0 bridgehead atoms. The van der Waals surface area contributed by atoms with Crippen LogP contribution in [-0.4, -0.2) is 6.54 Å². The normalized spacial score (nSPS) is 24.6. The van der Waals surface area contributed by atoms with E-state index in [9.17, 15) is 0 Å². The van der Waals surface area contributed by atoms with Gasteiger partial charge in [-0.25, -0.2) is 0 Å². The zero-order valence-electron chi connectivity index (χ0n) is 12.8. The summed E-state index contributed by atoms with van der Waals surface area (Å²) in [6.07, 6.45) is 6.69. The minimum atomic E-state index is 0.475. The van der Waals surface area contributed by atoms with E-state index in [1.807, 2.05) is 0 Å². The van der Waals surface area contributed by atoms with E-state index < -0.39 is 0 Å². The van der Waals surface area contributed by atoms with Crippen molar-refractivity contribution < 1.29 is 0 Å². The van der Waals surface area contributed by atoms with Gasteiger partial charge in [0, 0.05) is 6.04 Å². The maximum absolute atomic E-state index is 3.72. The van der Waals surface area contributed by atoms with Crippen LogP contribution in [0.25, 0.3) is 0 Å². The van der Waals surface area contributed by atoms with Crippen LogP contribution in [0.1, 0.15) is 63.6 Å². The molecule has 106 valence electrons. The molecule has 1 aliphatic carbocycles. The maximum atomic E-state index is 3.72. The Morgan fingerprint density at radius 1 is 1.21 bits per heavy atom. The molecule has 1 aromatic carbocycles. The highest BCUT2D eigenvalue weighted by Gasteiger charge is 2.23. The molecule has 2 rings (SSSR count). The van der Waals surface area contributed by atoms with E-state index in [4.69, 9.17) is 0 Å². The van der Waals surface area contributed by atoms with Crippen LogP contribution in [-0.2, 0) is 6.42 Å². The van der Waals surface area contributed by atoms with Gasteiger partial charge in [0.05, 0.1) is 0 Å². The lowest BCUT2D eigenvalue weighted by molar-refractivity contribution is 0.375. The van der Waals surface area contributed by atoms with Crippen molar-refractivity contribution >= 4 is 0 Å². The van der Waals surface area contributed by atoms with Crippen LogP contribution in [0.3, 0.4) is 0 Å². The average molecular weight is 259 g/mol. The molecule has 19 heavy (non-hydrogen) atoms. The summed E-state index contributed by atoms with van der Waals surface area (Å²) in [5.41, 5.74) is 2.88. The van der Waals surface area contributed by atoms with Crippen molar-refractivity contribution in [3.8, 4) is 0 Å². The summed E-state index contributed by atoms with van der Waals surface area (Å²) in [4.78, 5) is 0. The minimum Gasteiger partial charge on any atom is -0.310 e. The minimum absolute atomic E-state index is 0.475. The largest absolute Gasteiger partial charge is 0.310 e. The van der Waals surface area contributed by atoms with Crippen LogP contribution in [0.15, 0.2) is 24.3 Å². The number of aryl methyl sites for hydroxylation is 1. The number of rotatable bonds is 6. The monoisotopic (exact) mass is 259 g/mol. The first-order chi connectivity index (χ1) is 9.20. The van der Waals surface area contributed by atoms with Gasteiger partial charge in [-0.3, -0.25) is 0 Å². The van der Waals surface area contributed by atoms with Gasteiger partial charge in [0.2, 0.25) is 0 Å². The molecule has 1 aliphatic rings. The third-order valence-electron chi connectivity index (χ3n) is 4.74. The first-order valence-corrected chi connectivity index (χ1v) is 8.03. The predicted molar refractivity (Wildman–Crippen MR) is 83.4 cm³/mol. The summed E-state index contributed by atoms with van der Waals surface area (Å²) in [7, 11) is 0. The standard InChI is InChI=1S/C18H29N/c1-4-6-16-9-11-17(12-10-16)15(3)19-13-18-8-5-7-14(18)2/h9-12,14-15,18-19H,4-8,13H2,1-3H3. The molecule has 0 spiro atoms. The Bertz CT molecular complexity index is 368. The second-order valence-corrected chi connectivity index (χ2v) is 6.29. The zero-order valence-corrected chi connectivity index (χ0v) is 12.8. The van der Waals surface area contributed by atoms with Crippen molar-refractivity contribution in [2.45, 2.75) is 58.9 Å². The second kappa shape index (κ2) is 7.09. The van der Waals surface area contributed by atoms with Crippen molar-refractivity contribution in [1.82, 2.24) is 5.32 Å². The van der Waals surface area contributed by atoms with Gasteiger partial charge < -0.3 is 5.32 Å². The van der Waals surface area contributed by atoms with Gasteiger partial charge in [-0.15, -0.1) is 0 Å². The first kappa shape index (κ1) is 14.6. The van der Waals surface area contributed by atoms with Gasteiger partial charge in [0.15, 0.2) is 0 Å². The molecule has 0 radical (unpaired) electrons. The Hall–Kier alpha value is -0.820. The van der Waals surface area contributed by atoms with Crippen LogP contribution in [0.5, 0.6) is 0 Å². The molecule has 0 heterocycles. The van der Waals surface area contributed by atoms with E-state index >= 15 is 0 Å². The summed E-state index contributed by atoms with van der Waals surface area (Å²) < 4.78 is 0. The Kier molecular flexibility index (Phi) is 5.45. The molecule has 1 N–H and O–H groups in total. The molecule has 3 atom stereocenters. The SMILES string of the molecule is CCCc1ccc(C(C)NCC2CCCC2C)cc1. The molecule has 1 fully saturated rings. The molecule has 1 saturated carbocycles. The fraction of sp³-hybridized carbons (Fsp3) is 0.667. The molecule has 0 aromatic heterocycles. The lowest BCUT2D eigenvalue weighted by Crippen LogP contribution is -2.27. The summed E-state index contributed by atoms with van der Waals surface area (Å²) in [6, 6.07) is 9.63. The quantitative estimate of drug-likeness (QED) is 0.779. The highest BCUT2D eigenvalue weighted by Crippen LogP contribution is 2.31. The highest BCUT2D eigenvalue weighted by molar-refractivity contribution is 5.24. The Morgan fingerprint density at radius 2 is 1.95 bits per heavy atom. The van der Waals surface area contributed by atoms with Crippen LogP contribution in [0, 0.1) is 11.8 Å². The summed E-state index contributed by atoms with van der Waals surface area (Å²) >= 11 is 0. The summed E-state index contributed by atoms with van der Waals surface area (Å²) in [6.45, 7) is 8.11. The van der Waals surface area contributed by atoms with Crippen molar-refractivity contribution in [2.24, 2.45) is 11.8 Å². The van der Waals surface area contributed by atoms with E-state index in [-0.39, 0.29) is 0 Å². The third-order valence-corrected chi connectivity index (χ3v) is 4.74. The molecule has 0 amide bonds.